The lowest BCUT2D eigenvalue weighted by atomic mass is 9.96. The highest BCUT2D eigenvalue weighted by Crippen LogP contribution is 2.22. The topological polar surface area (TPSA) is 75.7 Å². The van der Waals surface area contributed by atoms with Crippen LogP contribution < -0.4 is 10.1 Å². The van der Waals surface area contributed by atoms with E-state index in [1.807, 2.05) is 4.90 Å². The summed E-state index contributed by atoms with van der Waals surface area (Å²) in [6, 6.07) is 6.29. The van der Waals surface area contributed by atoms with Gasteiger partial charge in [-0.3, -0.25) is 4.79 Å². The van der Waals surface area contributed by atoms with Gasteiger partial charge >= 0.3 is 0 Å². The molecular weight excluding hydrogens is 388 g/mol. The third-order valence-electron chi connectivity index (χ3n) is 4.92. The van der Waals surface area contributed by atoms with Crippen LogP contribution in [0.5, 0.6) is 5.75 Å². The zero-order valence-electron chi connectivity index (χ0n) is 16.3. The van der Waals surface area contributed by atoms with Crippen molar-refractivity contribution in [3.05, 3.63) is 24.3 Å². The molecule has 0 spiro atoms. The predicted molar refractivity (Wildman–Crippen MR) is 109 cm³/mol. The Bertz CT molecular complexity index is 686. The Balaban J connectivity index is 0.00000364. The molecule has 6 nitrogen and oxygen atoms in total. The van der Waals surface area contributed by atoms with E-state index in [0.29, 0.717) is 24.8 Å². The van der Waals surface area contributed by atoms with Crippen molar-refractivity contribution in [3.8, 4) is 5.75 Å². The van der Waals surface area contributed by atoms with E-state index in [2.05, 4.69) is 12.2 Å². The first-order valence-electron chi connectivity index (χ1n) is 9.23. The molecular formula is C19H31ClN2O4S. The third kappa shape index (κ3) is 6.66. The van der Waals surface area contributed by atoms with Crippen LogP contribution in [0.4, 0.5) is 0 Å². The fourth-order valence-corrected chi connectivity index (χ4v) is 4.84. The largest absolute Gasteiger partial charge is 0.497 e. The molecule has 2 rings (SSSR count). The molecule has 1 unspecified atom stereocenters. The van der Waals surface area contributed by atoms with E-state index in [-0.39, 0.29) is 29.0 Å². The number of hydrogen-bond donors (Lipinski definition) is 1. The minimum absolute atomic E-state index is 0. The minimum Gasteiger partial charge on any atom is -0.497 e. The number of likely N-dealkylation sites (tertiary alicyclic amines) is 1. The highest BCUT2D eigenvalue weighted by atomic mass is 35.5. The van der Waals surface area contributed by atoms with Crippen LogP contribution in [0.1, 0.15) is 26.7 Å². The molecule has 1 aromatic rings. The molecule has 1 atom stereocenters. The zero-order valence-corrected chi connectivity index (χ0v) is 17.9. The normalized spacial score (nSPS) is 16.5. The smallest absolute Gasteiger partial charge is 0.226 e. The Morgan fingerprint density at radius 3 is 2.37 bits per heavy atom. The first-order valence-corrected chi connectivity index (χ1v) is 10.9. The van der Waals surface area contributed by atoms with Crippen LogP contribution in [-0.4, -0.2) is 58.3 Å². The molecule has 0 saturated carbocycles. The van der Waals surface area contributed by atoms with Crippen LogP contribution in [0.15, 0.2) is 29.2 Å². The summed E-state index contributed by atoms with van der Waals surface area (Å²) in [4.78, 5) is 14.7. The Labute approximate surface area is 169 Å². The van der Waals surface area contributed by atoms with E-state index >= 15 is 0 Å². The summed E-state index contributed by atoms with van der Waals surface area (Å²) < 4.78 is 30.2. The standard InChI is InChI=1S/C19H30N2O4S.ClH/c1-4-20-13-16-9-11-21(12-10-16)19(22)15(2)14-26(23,24)18-7-5-17(25-3)6-8-18;/h5-8,15-16,20H,4,9-14H2,1-3H3;1H. The molecule has 0 radical (unpaired) electrons. The van der Waals surface area contributed by atoms with Crippen molar-refractivity contribution in [1.29, 1.82) is 0 Å². The van der Waals surface area contributed by atoms with E-state index < -0.39 is 15.8 Å². The van der Waals surface area contributed by atoms with Crippen LogP contribution in [-0.2, 0) is 14.6 Å². The number of hydrogen-bond acceptors (Lipinski definition) is 5. The molecule has 1 amide bonds. The molecule has 1 saturated heterocycles. The number of methoxy groups -OCH3 is 1. The average molecular weight is 419 g/mol. The van der Waals surface area contributed by atoms with Gasteiger partial charge in [0.2, 0.25) is 5.91 Å². The van der Waals surface area contributed by atoms with Crippen LogP contribution in [0.2, 0.25) is 0 Å². The van der Waals surface area contributed by atoms with Gasteiger partial charge in [0.1, 0.15) is 5.75 Å². The molecule has 0 aliphatic carbocycles. The van der Waals surface area contributed by atoms with Gasteiger partial charge in [0.05, 0.1) is 17.8 Å². The van der Waals surface area contributed by atoms with Crippen LogP contribution in [0, 0.1) is 11.8 Å². The van der Waals surface area contributed by atoms with E-state index in [4.69, 9.17) is 4.74 Å². The fourth-order valence-electron chi connectivity index (χ4n) is 3.30. The fraction of sp³-hybridized carbons (Fsp3) is 0.632. The number of nitrogens with zero attached hydrogens (tertiary/aromatic N) is 1. The number of carbonyl (C=O) groups excluding carboxylic acids is 1. The molecule has 0 aromatic heterocycles. The van der Waals surface area contributed by atoms with Crippen LogP contribution in [0.3, 0.4) is 0 Å². The summed E-state index contributed by atoms with van der Waals surface area (Å²) in [5, 5.41) is 3.35. The van der Waals surface area contributed by atoms with Gasteiger partial charge in [-0.05, 0) is 56.1 Å². The maximum Gasteiger partial charge on any atom is 0.226 e. The molecule has 1 aliphatic rings. The van der Waals surface area contributed by atoms with Crippen molar-refractivity contribution in [2.24, 2.45) is 11.8 Å². The first kappa shape index (κ1) is 23.7. The second-order valence-electron chi connectivity index (χ2n) is 6.93. The number of piperidine rings is 1. The highest BCUT2D eigenvalue weighted by molar-refractivity contribution is 7.91. The lowest BCUT2D eigenvalue weighted by molar-refractivity contribution is -0.135. The molecule has 1 aromatic carbocycles. The highest BCUT2D eigenvalue weighted by Gasteiger charge is 2.29. The van der Waals surface area contributed by atoms with Gasteiger partial charge < -0.3 is 15.0 Å². The summed E-state index contributed by atoms with van der Waals surface area (Å²) in [6.07, 6.45) is 1.94. The number of rotatable bonds is 8. The van der Waals surface area contributed by atoms with Gasteiger partial charge in [0.25, 0.3) is 0 Å². The SMILES string of the molecule is CCNCC1CCN(C(=O)C(C)CS(=O)(=O)c2ccc(OC)cc2)CC1.Cl. The Morgan fingerprint density at radius 1 is 1.26 bits per heavy atom. The maximum atomic E-state index is 12.7. The van der Waals surface area contributed by atoms with Gasteiger partial charge in [-0.1, -0.05) is 13.8 Å². The van der Waals surface area contributed by atoms with E-state index in [1.54, 1.807) is 19.1 Å². The van der Waals surface area contributed by atoms with Crippen LogP contribution in [0.25, 0.3) is 0 Å². The summed E-state index contributed by atoms with van der Waals surface area (Å²) >= 11 is 0. The predicted octanol–water partition coefficient (Wildman–Crippen LogP) is 2.37. The minimum atomic E-state index is -3.50. The second kappa shape index (κ2) is 10.9. The zero-order chi connectivity index (χ0) is 19.2. The van der Waals surface area contributed by atoms with E-state index in [1.165, 1.54) is 19.2 Å². The third-order valence-corrected chi connectivity index (χ3v) is 6.85. The lowest BCUT2D eigenvalue weighted by Gasteiger charge is -2.33. The maximum absolute atomic E-state index is 12.7. The van der Waals surface area contributed by atoms with Gasteiger partial charge in [0.15, 0.2) is 9.84 Å². The molecule has 0 bridgehead atoms. The monoisotopic (exact) mass is 418 g/mol. The van der Waals surface area contributed by atoms with Crippen molar-refractivity contribution < 1.29 is 17.9 Å². The molecule has 1 fully saturated rings. The number of halogens is 1. The van der Waals surface area contributed by atoms with Gasteiger partial charge in [0, 0.05) is 19.0 Å². The number of sulfone groups is 1. The van der Waals surface area contributed by atoms with Crippen molar-refractivity contribution in [3.63, 3.8) is 0 Å². The van der Waals surface area contributed by atoms with Crippen molar-refractivity contribution in [2.75, 3.05) is 39.0 Å². The van der Waals surface area contributed by atoms with Gasteiger partial charge in [-0.25, -0.2) is 8.42 Å². The van der Waals surface area contributed by atoms with Crippen molar-refractivity contribution >= 4 is 28.2 Å². The van der Waals surface area contributed by atoms with E-state index in [0.717, 1.165) is 25.9 Å². The Hall–Kier alpha value is -1.31. The number of amides is 1. The second-order valence-corrected chi connectivity index (χ2v) is 8.97. The molecule has 8 heteroatoms. The van der Waals surface area contributed by atoms with Crippen molar-refractivity contribution in [1.82, 2.24) is 10.2 Å². The summed E-state index contributed by atoms with van der Waals surface area (Å²) in [5.74, 6) is 0.414. The number of ether oxygens (including phenoxy) is 1. The molecule has 1 aliphatic heterocycles. The molecule has 1 N–H and O–H groups in total. The van der Waals surface area contributed by atoms with E-state index in [9.17, 15) is 13.2 Å². The van der Waals surface area contributed by atoms with Crippen LogP contribution >= 0.6 is 12.4 Å². The van der Waals surface area contributed by atoms with Gasteiger partial charge in [-0.2, -0.15) is 0 Å². The molecule has 154 valence electrons. The Morgan fingerprint density at radius 2 is 1.85 bits per heavy atom. The number of benzene rings is 1. The van der Waals surface area contributed by atoms with Gasteiger partial charge in [-0.15, -0.1) is 12.4 Å². The summed E-state index contributed by atoms with van der Waals surface area (Å²) in [6.45, 7) is 7.15. The first-order chi connectivity index (χ1) is 12.4. The quantitative estimate of drug-likeness (QED) is 0.701. The number of carbonyl (C=O) groups is 1. The summed E-state index contributed by atoms with van der Waals surface area (Å²) in [7, 11) is -1.97. The average Bonchev–Trinajstić information content (AvgIpc) is 2.65. The number of nitrogens with one attached hydrogen (secondary N) is 1. The molecule has 27 heavy (non-hydrogen) atoms. The van der Waals surface area contributed by atoms with Crippen molar-refractivity contribution in [2.45, 2.75) is 31.6 Å². The lowest BCUT2D eigenvalue weighted by Crippen LogP contribution is -2.44. The Kier molecular flexibility index (Phi) is 9.56. The summed E-state index contributed by atoms with van der Waals surface area (Å²) in [5.41, 5.74) is 0. The molecule has 1 heterocycles.